The molecule has 2 N–H and O–H groups in total. The number of aliphatic hydroxyl groups excluding tert-OH is 1. The molecule has 0 aliphatic carbocycles. The van der Waals surface area contributed by atoms with Crippen LogP contribution in [0.25, 0.3) is 0 Å². The highest BCUT2D eigenvalue weighted by molar-refractivity contribution is 5.80. The fraction of sp³-hybridized carbons (Fsp3) is 0.857. The number of amides is 1. The zero-order chi connectivity index (χ0) is 8.69. The van der Waals surface area contributed by atoms with Gasteiger partial charge < -0.3 is 15.2 Å². The maximum Gasteiger partial charge on any atom is 0.248 e. The van der Waals surface area contributed by atoms with Crippen molar-refractivity contribution in [2.75, 3.05) is 20.3 Å². The molecule has 1 atom stereocenters. The van der Waals surface area contributed by atoms with Crippen LogP contribution in [0.4, 0.5) is 0 Å². The van der Waals surface area contributed by atoms with Crippen molar-refractivity contribution in [3.05, 3.63) is 0 Å². The van der Waals surface area contributed by atoms with Crippen molar-refractivity contribution in [2.45, 2.75) is 19.4 Å². The molecule has 0 aromatic heterocycles. The van der Waals surface area contributed by atoms with Gasteiger partial charge in [-0.2, -0.15) is 0 Å². The smallest absolute Gasteiger partial charge is 0.248 e. The summed E-state index contributed by atoms with van der Waals surface area (Å²) in [6.45, 7) is 2.28. The summed E-state index contributed by atoms with van der Waals surface area (Å²) in [5, 5.41) is 11.0. The average Bonchev–Trinajstić information content (AvgIpc) is 2.03. The third-order valence-corrected chi connectivity index (χ3v) is 1.36. The first-order valence-corrected chi connectivity index (χ1v) is 3.63. The zero-order valence-electron chi connectivity index (χ0n) is 6.96. The van der Waals surface area contributed by atoms with Crippen molar-refractivity contribution in [2.24, 2.45) is 0 Å². The van der Waals surface area contributed by atoms with E-state index in [0.717, 1.165) is 0 Å². The van der Waals surface area contributed by atoms with E-state index >= 15 is 0 Å². The fourth-order valence-corrected chi connectivity index (χ4v) is 0.541. The molecule has 0 bridgehead atoms. The molecule has 0 aromatic rings. The lowest BCUT2D eigenvalue weighted by Gasteiger charge is -2.08. The molecule has 0 spiro atoms. The van der Waals surface area contributed by atoms with Crippen LogP contribution in [0.5, 0.6) is 0 Å². The number of carbonyl (C=O) groups excluding carboxylic acids is 1. The molecule has 1 amide bonds. The number of methoxy groups -OCH3 is 1. The summed E-state index contributed by atoms with van der Waals surface area (Å²) in [7, 11) is 1.48. The number of rotatable bonds is 5. The van der Waals surface area contributed by atoms with Gasteiger partial charge in [0.1, 0.15) is 6.10 Å². The first kappa shape index (κ1) is 10.4. The second kappa shape index (κ2) is 6.12. The zero-order valence-corrected chi connectivity index (χ0v) is 6.96. The monoisotopic (exact) mass is 161 g/mol. The molecule has 0 radical (unpaired) electrons. The summed E-state index contributed by atoms with van der Waals surface area (Å²) >= 11 is 0. The number of aliphatic hydroxyl groups is 1. The van der Waals surface area contributed by atoms with E-state index in [9.17, 15) is 4.79 Å². The van der Waals surface area contributed by atoms with Crippen LogP contribution in [0.1, 0.15) is 13.3 Å². The van der Waals surface area contributed by atoms with E-state index in [-0.39, 0.29) is 12.5 Å². The van der Waals surface area contributed by atoms with Crippen molar-refractivity contribution in [1.82, 2.24) is 5.32 Å². The Balaban J connectivity index is 3.36. The molecule has 4 heteroatoms. The van der Waals surface area contributed by atoms with Gasteiger partial charge in [-0.3, -0.25) is 4.79 Å². The summed E-state index contributed by atoms with van der Waals surface area (Å²) in [6, 6.07) is 0. The molecule has 0 aromatic carbocycles. The van der Waals surface area contributed by atoms with Gasteiger partial charge in [0.05, 0.1) is 0 Å². The molecule has 66 valence electrons. The Labute approximate surface area is 66.5 Å². The Morgan fingerprint density at radius 2 is 2.36 bits per heavy atom. The number of nitrogens with one attached hydrogen (secondary N) is 1. The quantitative estimate of drug-likeness (QED) is 0.535. The van der Waals surface area contributed by atoms with E-state index in [1.54, 1.807) is 6.92 Å². The van der Waals surface area contributed by atoms with E-state index in [1.165, 1.54) is 7.11 Å². The van der Waals surface area contributed by atoms with Gasteiger partial charge in [-0.25, -0.2) is 0 Å². The Morgan fingerprint density at radius 3 is 2.82 bits per heavy atom. The topological polar surface area (TPSA) is 58.6 Å². The second-order valence-electron chi connectivity index (χ2n) is 2.25. The highest BCUT2D eigenvalue weighted by atomic mass is 16.5. The number of ether oxygens (including phenoxy) is 1. The van der Waals surface area contributed by atoms with Crippen LogP contribution >= 0.6 is 0 Å². The third kappa shape index (κ3) is 4.75. The standard InChI is InChI=1S/C7H15NO3/c1-6(11-2)7(10)8-4-3-5-9/h6,9H,3-5H2,1-2H3,(H,8,10). The van der Waals surface area contributed by atoms with Gasteiger partial charge in [0.2, 0.25) is 5.91 Å². The fourth-order valence-electron chi connectivity index (χ4n) is 0.541. The largest absolute Gasteiger partial charge is 0.396 e. The molecule has 0 saturated carbocycles. The van der Waals surface area contributed by atoms with Crippen LogP contribution in [0.3, 0.4) is 0 Å². The molecular formula is C7H15NO3. The second-order valence-corrected chi connectivity index (χ2v) is 2.25. The molecule has 4 nitrogen and oxygen atoms in total. The number of hydrogen-bond acceptors (Lipinski definition) is 3. The van der Waals surface area contributed by atoms with Crippen LogP contribution in [-0.4, -0.2) is 37.4 Å². The van der Waals surface area contributed by atoms with Crippen molar-refractivity contribution >= 4 is 5.91 Å². The van der Waals surface area contributed by atoms with Gasteiger partial charge >= 0.3 is 0 Å². The molecule has 0 fully saturated rings. The molecule has 1 unspecified atom stereocenters. The molecular weight excluding hydrogens is 146 g/mol. The number of hydrogen-bond donors (Lipinski definition) is 2. The highest BCUT2D eigenvalue weighted by Crippen LogP contribution is 1.86. The van der Waals surface area contributed by atoms with E-state index < -0.39 is 6.10 Å². The number of carbonyl (C=O) groups is 1. The SMILES string of the molecule is COC(C)C(=O)NCCCO. The van der Waals surface area contributed by atoms with Crippen LogP contribution in [0.15, 0.2) is 0 Å². The predicted molar refractivity (Wildman–Crippen MR) is 41.2 cm³/mol. The lowest BCUT2D eigenvalue weighted by Crippen LogP contribution is -2.34. The Hall–Kier alpha value is -0.610. The first-order chi connectivity index (χ1) is 5.22. The van der Waals surface area contributed by atoms with Gasteiger partial charge in [0, 0.05) is 20.3 Å². The third-order valence-electron chi connectivity index (χ3n) is 1.36. The van der Waals surface area contributed by atoms with Crippen molar-refractivity contribution in [3.8, 4) is 0 Å². The predicted octanol–water partition coefficient (Wildman–Crippen LogP) is -0.480. The van der Waals surface area contributed by atoms with E-state index in [0.29, 0.717) is 13.0 Å². The lowest BCUT2D eigenvalue weighted by atomic mass is 10.3. The molecule has 0 saturated heterocycles. The maximum atomic E-state index is 10.9. The average molecular weight is 161 g/mol. The first-order valence-electron chi connectivity index (χ1n) is 3.63. The van der Waals surface area contributed by atoms with Gasteiger partial charge in [-0.15, -0.1) is 0 Å². The molecule has 0 aliphatic heterocycles. The highest BCUT2D eigenvalue weighted by Gasteiger charge is 2.09. The minimum atomic E-state index is -0.409. The van der Waals surface area contributed by atoms with Crippen LogP contribution < -0.4 is 5.32 Å². The summed E-state index contributed by atoms with van der Waals surface area (Å²) in [5.41, 5.74) is 0. The summed E-state index contributed by atoms with van der Waals surface area (Å²) in [5.74, 6) is -0.138. The normalized spacial score (nSPS) is 12.6. The Bertz CT molecular complexity index is 116. The van der Waals surface area contributed by atoms with E-state index in [1.807, 2.05) is 0 Å². The van der Waals surface area contributed by atoms with Crippen molar-refractivity contribution in [1.29, 1.82) is 0 Å². The summed E-state index contributed by atoms with van der Waals surface area (Å²) < 4.78 is 4.77. The van der Waals surface area contributed by atoms with Gasteiger partial charge in [-0.1, -0.05) is 0 Å². The van der Waals surface area contributed by atoms with E-state index in [2.05, 4.69) is 5.32 Å². The van der Waals surface area contributed by atoms with Gasteiger partial charge in [0.15, 0.2) is 0 Å². The van der Waals surface area contributed by atoms with Crippen LogP contribution in [0, 0.1) is 0 Å². The van der Waals surface area contributed by atoms with Gasteiger partial charge in [-0.05, 0) is 13.3 Å². The summed E-state index contributed by atoms with van der Waals surface area (Å²) in [4.78, 5) is 10.9. The molecule has 0 heterocycles. The van der Waals surface area contributed by atoms with Gasteiger partial charge in [0.25, 0.3) is 0 Å². The minimum absolute atomic E-state index is 0.0989. The van der Waals surface area contributed by atoms with Crippen molar-refractivity contribution in [3.63, 3.8) is 0 Å². The molecule has 0 rings (SSSR count). The summed E-state index contributed by atoms with van der Waals surface area (Å²) in [6.07, 6.45) is 0.177. The maximum absolute atomic E-state index is 10.9. The van der Waals surface area contributed by atoms with E-state index in [4.69, 9.17) is 9.84 Å². The molecule has 11 heavy (non-hydrogen) atoms. The Morgan fingerprint density at radius 1 is 1.73 bits per heavy atom. The minimum Gasteiger partial charge on any atom is -0.396 e. The molecule has 0 aliphatic rings. The van der Waals surface area contributed by atoms with Crippen molar-refractivity contribution < 1.29 is 14.6 Å². The lowest BCUT2D eigenvalue weighted by molar-refractivity contribution is -0.130. The Kier molecular flexibility index (Phi) is 5.78. The van der Waals surface area contributed by atoms with Crippen LogP contribution in [-0.2, 0) is 9.53 Å². The van der Waals surface area contributed by atoms with Crippen LogP contribution in [0.2, 0.25) is 0 Å².